The molecule has 3 aliphatic heterocycles. The number of hydrogen-bond donors (Lipinski definition) is 0. The molecule has 0 radical (unpaired) electrons. The van der Waals surface area contributed by atoms with Crippen LogP contribution < -0.4 is 0 Å². The summed E-state index contributed by atoms with van der Waals surface area (Å²) in [5.41, 5.74) is 1.25. The third-order valence-electron chi connectivity index (χ3n) is 7.46. The van der Waals surface area contributed by atoms with E-state index in [0.29, 0.717) is 12.1 Å². The first-order valence-corrected chi connectivity index (χ1v) is 11.2. The van der Waals surface area contributed by atoms with E-state index < -0.39 is 5.60 Å². The molecular weight excluding hydrogens is 366 g/mol. The van der Waals surface area contributed by atoms with Crippen molar-refractivity contribution in [1.82, 2.24) is 14.7 Å². The molecule has 0 bridgehead atoms. The Labute approximate surface area is 172 Å². The summed E-state index contributed by atoms with van der Waals surface area (Å²) in [5, 5.41) is 0. The molecule has 29 heavy (non-hydrogen) atoms. The van der Waals surface area contributed by atoms with Crippen molar-refractivity contribution >= 4 is 11.9 Å². The number of amides is 1. The molecule has 0 aromatic heterocycles. The Morgan fingerprint density at radius 1 is 1.00 bits per heavy atom. The number of esters is 1. The first-order chi connectivity index (χ1) is 14.1. The van der Waals surface area contributed by atoms with Gasteiger partial charge in [-0.3, -0.25) is 14.6 Å². The van der Waals surface area contributed by atoms with Crippen molar-refractivity contribution in [1.29, 1.82) is 0 Å². The molecule has 1 aromatic rings. The number of hydrogen-bond acceptors (Lipinski definition) is 5. The summed E-state index contributed by atoms with van der Waals surface area (Å²) in [7, 11) is 0. The van der Waals surface area contributed by atoms with E-state index in [2.05, 4.69) is 9.80 Å². The lowest BCUT2D eigenvalue weighted by molar-refractivity contribution is -0.135. The van der Waals surface area contributed by atoms with E-state index in [0.717, 1.165) is 63.7 Å². The van der Waals surface area contributed by atoms with Crippen molar-refractivity contribution in [2.45, 2.75) is 50.2 Å². The molecule has 0 N–H and O–H groups in total. The molecule has 156 valence electrons. The molecule has 1 spiro atoms. The monoisotopic (exact) mass is 397 g/mol. The predicted octanol–water partition coefficient (Wildman–Crippen LogP) is 2.23. The number of ether oxygens (including phenoxy) is 1. The summed E-state index contributed by atoms with van der Waals surface area (Å²) in [6.45, 7) is 5.81. The molecule has 2 saturated heterocycles. The Morgan fingerprint density at radius 2 is 1.69 bits per heavy atom. The summed E-state index contributed by atoms with van der Waals surface area (Å²) >= 11 is 0. The van der Waals surface area contributed by atoms with Gasteiger partial charge in [0.25, 0.3) is 0 Å². The zero-order valence-electron chi connectivity index (χ0n) is 17.1. The largest absolute Gasteiger partial charge is 0.450 e. The lowest BCUT2D eigenvalue weighted by atomic mass is 9.84. The van der Waals surface area contributed by atoms with E-state index in [-0.39, 0.29) is 11.9 Å². The van der Waals surface area contributed by atoms with Crippen LogP contribution in [0, 0.1) is 0 Å². The van der Waals surface area contributed by atoms with E-state index in [4.69, 9.17) is 4.74 Å². The lowest BCUT2D eigenvalue weighted by Gasteiger charge is -2.41. The average molecular weight is 398 g/mol. The fourth-order valence-corrected chi connectivity index (χ4v) is 5.69. The van der Waals surface area contributed by atoms with Gasteiger partial charge in [-0.2, -0.15) is 0 Å². The minimum absolute atomic E-state index is 0.203. The van der Waals surface area contributed by atoms with Gasteiger partial charge < -0.3 is 9.64 Å². The number of piperazine rings is 1. The molecular formula is C23H31N3O3. The Hall–Kier alpha value is -1.92. The van der Waals surface area contributed by atoms with Crippen molar-refractivity contribution in [3.8, 4) is 0 Å². The van der Waals surface area contributed by atoms with Crippen LogP contribution in [0.25, 0.3) is 0 Å². The third-order valence-corrected chi connectivity index (χ3v) is 7.46. The molecule has 1 aromatic carbocycles. The maximum Gasteiger partial charge on any atom is 0.339 e. The second-order valence-electron chi connectivity index (χ2n) is 9.06. The van der Waals surface area contributed by atoms with Crippen LogP contribution in [0.4, 0.5) is 0 Å². The summed E-state index contributed by atoms with van der Waals surface area (Å²) in [6.07, 6.45) is 6.91. The molecule has 1 amide bonds. The van der Waals surface area contributed by atoms with Crippen LogP contribution in [0.3, 0.4) is 0 Å². The summed E-state index contributed by atoms with van der Waals surface area (Å²) in [5.74, 6) is 0.0427. The van der Waals surface area contributed by atoms with Crippen LogP contribution in [0.15, 0.2) is 24.3 Å². The fourth-order valence-electron chi connectivity index (χ4n) is 5.69. The second kappa shape index (κ2) is 7.73. The van der Waals surface area contributed by atoms with Gasteiger partial charge in [0.15, 0.2) is 0 Å². The zero-order chi connectivity index (χ0) is 19.8. The Bertz CT molecular complexity index is 773. The minimum atomic E-state index is -0.486. The molecule has 0 unspecified atom stereocenters. The molecule has 6 nitrogen and oxygen atoms in total. The number of fused-ring (bicyclic) bond motifs is 2. The Kier molecular flexibility index (Phi) is 5.08. The molecule has 0 atom stereocenters. The SMILES string of the molecule is O=C1OC2(CCN(CC(=O)N3CCN(C4CCCC4)CC3)CC2)c2ccccc21. The van der Waals surface area contributed by atoms with Crippen LogP contribution in [0.5, 0.6) is 0 Å². The van der Waals surface area contributed by atoms with Crippen LogP contribution in [0.1, 0.15) is 54.4 Å². The van der Waals surface area contributed by atoms with Crippen molar-refractivity contribution in [2.24, 2.45) is 0 Å². The zero-order valence-corrected chi connectivity index (χ0v) is 17.1. The van der Waals surface area contributed by atoms with Crippen molar-refractivity contribution in [3.05, 3.63) is 35.4 Å². The number of carbonyl (C=O) groups excluding carboxylic acids is 2. The van der Waals surface area contributed by atoms with Gasteiger partial charge in [-0.05, 0) is 18.9 Å². The molecule has 4 aliphatic rings. The summed E-state index contributed by atoms with van der Waals surface area (Å²) in [6, 6.07) is 8.49. The number of carbonyl (C=O) groups is 2. The summed E-state index contributed by atoms with van der Waals surface area (Å²) < 4.78 is 5.82. The van der Waals surface area contributed by atoms with Gasteiger partial charge in [-0.25, -0.2) is 4.79 Å². The standard InChI is InChI=1S/C23H31N3O3/c27-21(26-15-13-25(14-16-26)18-5-1-2-6-18)17-24-11-9-23(10-12-24)20-8-4-3-7-19(20)22(28)29-23/h3-4,7-8,18H,1-2,5-6,9-17H2. The first-order valence-electron chi connectivity index (χ1n) is 11.2. The van der Waals surface area contributed by atoms with Gasteiger partial charge in [0.2, 0.25) is 5.91 Å². The van der Waals surface area contributed by atoms with Gasteiger partial charge in [0.05, 0.1) is 12.1 Å². The highest BCUT2D eigenvalue weighted by Gasteiger charge is 2.47. The van der Waals surface area contributed by atoms with Gasteiger partial charge in [0.1, 0.15) is 5.60 Å². The first kappa shape index (κ1) is 19.1. The van der Waals surface area contributed by atoms with Gasteiger partial charge in [0, 0.05) is 63.7 Å². The number of rotatable bonds is 3. The lowest BCUT2D eigenvalue weighted by Crippen LogP contribution is -2.54. The van der Waals surface area contributed by atoms with Gasteiger partial charge in [-0.15, -0.1) is 0 Å². The molecule has 6 heteroatoms. The highest BCUT2D eigenvalue weighted by atomic mass is 16.6. The predicted molar refractivity (Wildman–Crippen MR) is 110 cm³/mol. The maximum absolute atomic E-state index is 12.8. The van der Waals surface area contributed by atoms with Gasteiger partial charge in [-0.1, -0.05) is 31.0 Å². The Morgan fingerprint density at radius 3 is 2.41 bits per heavy atom. The molecule has 5 rings (SSSR count). The van der Waals surface area contributed by atoms with Crippen LogP contribution in [0.2, 0.25) is 0 Å². The van der Waals surface area contributed by atoms with E-state index >= 15 is 0 Å². The maximum atomic E-state index is 12.8. The quantitative estimate of drug-likeness (QED) is 0.732. The normalized spacial score (nSPS) is 25.4. The van der Waals surface area contributed by atoms with E-state index in [9.17, 15) is 9.59 Å². The molecule has 1 saturated carbocycles. The smallest absolute Gasteiger partial charge is 0.339 e. The second-order valence-corrected chi connectivity index (χ2v) is 9.06. The summed E-state index contributed by atoms with van der Waals surface area (Å²) in [4.78, 5) is 31.9. The van der Waals surface area contributed by atoms with Crippen LogP contribution in [-0.4, -0.2) is 78.4 Å². The Balaban J connectivity index is 1.13. The minimum Gasteiger partial charge on any atom is -0.450 e. The number of nitrogens with zero attached hydrogens (tertiary/aromatic N) is 3. The highest BCUT2D eigenvalue weighted by Crippen LogP contribution is 2.43. The highest BCUT2D eigenvalue weighted by molar-refractivity contribution is 5.94. The van der Waals surface area contributed by atoms with Gasteiger partial charge >= 0.3 is 5.97 Å². The van der Waals surface area contributed by atoms with Crippen molar-refractivity contribution in [3.63, 3.8) is 0 Å². The van der Waals surface area contributed by atoms with E-state index in [1.54, 1.807) is 0 Å². The molecule has 3 heterocycles. The topological polar surface area (TPSA) is 53.1 Å². The number of piperidine rings is 1. The fraction of sp³-hybridized carbons (Fsp3) is 0.652. The van der Waals surface area contributed by atoms with Crippen molar-refractivity contribution < 1.29 is 14.3 Å². The molecule has 1 aliphatic carbocycles. The van der Waals surface area contributed by atoms with Crippen LogP contribution in [-0.2, 0) is 15.1 Å². The average Bonchev–Trinajstić information content (AvgIpc) is 3.38. The van der Waals surface area contributed by atoms with Crippen LogP contribution >= 0.6 is 0 Å². The molecule has 3 fully saturated rings. The third kappa shape index (κ3) is 3.57. The van der Waals surface area contributed by atoms with Crippen molar-refractivity contribution in [2.75, 3.05) is 45.8 Å². The number of benzene rings is 1. The van der Waals surface area contributed by atoms with E-state index in [1.165, 1.54) is 25.7 Å². The van der Waals surface area contributed by atoms with E-state index in [1.807, 2.05) is 29.2 Å². The number of likely N-dealkylation sites (tertiary alicyclic amines) is 1.